The van der Waals surface area contributed by atoms with Crippen molar-refractivity contribution in [1.29, 1.82) is 0 Å². The summed E-state index contributed by atoms with van der Waals surface area (Å²) in [6, 6.07) is 0. The number of nitrogens with two attached hydrogens (primary N) is 1. The van der Waals surface area contributed by atoms with Crippen molar-refractivity contribution in [1.82, 2.24) is 10.3 Å². The van der Waals surface area contributed by atoms with Crippen LogP contribution in [0.25, 0.3) is 0 Å². The molecule has 1 atom stereocenters. The van der Waals surface area contributed by atoms with Crippen molar-refractivity contribution in [2.75, 3.05) is 13.2 Å². The Labute approximate surface area is 98.0 Å². The Morgan fingerprint density at radius 1 is 1.81 bits per heavy atom. The molecule has 0 radical (unpaired) electrons. The maximum atomic E-state index is 11.8. The maximum absolute atomic E-state index is 11.8. The zero-order valence-electron chi connectivity index (χ0n) is 9.16. The lowest BCUT2D eigenvalue weighted by atomic mass is 9.99. The van der Waals surface area contributed by atoms with Crippen molar-refractivity contribution in [2.24, 2.45) is 5.73 Å². The van der Waals surface area contributed by atoms with Crippen molar-refractivity contribution in [2.45, 2.75) is 25.4 Å². The highest BCUT2D eigenvalue weighted by molar-refractivity contribution is 7.09. The minimum atomic E-state index is -0.855. The molecule has 1 aromatic heterocycles. The Balaban J connectivity index is 1.88. The Morgan fingerprint density at radius 2 is 2.62 bits per heavy atom. The molecule has 1 amide bonds. The van der Waals surface area contributed by atoms with Gasteiger partial charge in [-0.3, -0.25) is 4.79 Å². The number of hydrogen-bond donors (Lipinski definition) is 2. The van der Waals surface area contributed by atoms with Crippen molar-refractivity contribution in [3.05, 3.63) is 16.1 Å². The number of aryl methyl sites for hydroxylation is 1. The average Bonchev–Trinajstić information content (AvgIpc) is 2.85. The van der Waals surface area contributed by atoms with Gasteiger partial charge in [0.25, 0.3) is 0 Å². The molecular formula is C10H15N3O2S. The second-order valence-electron chi connectivity index (χ2n) is 4.02. The predicted octanol–water partition coefficient (Wildman–Crippen LogP) is 0.186. The summed E-state index contributed by atoms with van der Waals surface area (Å²) in [6.07, 6.45) is 0.579. The molecule has 2 heterocycles. The molecule has 1 unspecified atom stereocenters. The first-order valence-corrected chi connectivity index (χ1v) is 6.04. The Hall–Kier alpha value is -0.980. The number of carbonyl (C=O) groups excluding carboxylic acids is 1. The average molecular weight is 241 g/mol. The molecule has 1 aromatic rings. The molecule has 2 rings (SSSR count). The fourth-order valence-electron chi connectivity index (χ4n) is 1.58. The van der Waals surface area contributed by atoms with Crippen LogP contribution in [0.15, 0.2) is 5.38 Å². The molecular weight excluding hydrogens is 226 g/mol. The molecule has 16 heavy (non-hydrogen) atoms. The summed E-state index contributed by atoms with van der Waals surface area (Å²) in [5.41, 5.74) is 6.04. The van der Waals surface area contributed by atoms with Crippen molar-refractivity contribution >= 4 is 17.2 Å². The van der Waals surface area contributed by atoms with Crippen LogP contribution in [0.5, 0.6) is 0 Å². The van der Waals surface area contributed by atoms with Crippen LogP contribution in [0.1, 0.15) is 17.1 Å². The zero-order valence-corrected chi connectivity index (χ0v) is 9.97. The SMILES string of the molecule is Cc1csc(CNC(=O)C2(N)CCOC2)n1. The molecule has 1 saturated heterocycles. The summed E-state index contributed by atoms with van der Waals surface area (Å²) < 4.78 is 5.14. The summed E-state index contributed by atoms with van der Waals surface area (Å²) in [4.78, 5) is 16.1. The lowest BCUT2D eigenvalue weighted by Gasteiger charge is -2.19. The van der Waals surface area contributed by atoms with Crippen LogP contribution in [0, 0.1) is 6.92 Å². The number of hydrogen-bond acceptors (Lipinski definition) is 5. The summed E-state index contributed by atoms with van der Waals surface area (Å²) >= 11 is 1.54. The minimum absolute atomic E-state index is 0.155. The van der Waals surface area contributed by atoms with Gasteiger partial charge in [0, 0.05) is 17.7 Å². The molecule has 0 aromatic carbocycles. The van der Waals surface area contributed by atoms with E-state index in [2.05, 4.69) is 10.3 Å². The summed E-state index contributed by atoms with van der Waals surface area (Å²) in [5, 5.41) is 5.65. The monoisotopic (exact) mass is 241 g/mol. The van der Waals surface area contributed by atoms with E-state index < -0.39 is 5.54 Å². The van der Waals surface area contributed by atoms with Gasteiger partial charge in [-0.05, 0) is 13.3 Å². The lowest BCUT2D eigenvalue weighted by Crippen LogP contribution is -2.54. The van der Waals surface area contributed by atoms with E-state index in [-0.39, 0.29) is 5.91 Å². The van der Waals surface area contributed by atoms with Gasteiger partial charge in [0.15, 0.2) is 0 Å². The summed E-state index contributed by atoms with van der Waals surface area (Å²) in [6.45, 7) is 3.23. The molecule has 0 aliphatic carbocycles. The maximum Gasteiger partial charge on any atom is 0.242 e. The number of amides is 1. The molecule has 3 N–H and O–H groups in total. The fraction of sp³-hybridized carbons (Fsp3) is 0.600. The van der Waals surface area contributed by atoms with Crippen molar-refractivity contribution < 1.29 is 9.53 Å². The zero-order chi connectivity index (χ0) is 11.6. The van der Waals surface area contributed by atoms with Crippen molar-refractivity contribution in [3.63, 3.8) is 0 Å². The molecule has 88 valence electrons. The molecule has 1 fully saturated rings. The van der Waals surface area contributed by atoms with Gasteiger partial charge >= 0.3 is 0 Å². The Bertz CT molecular complexity index is 385. The summed E-state index contributed by atoms with van der Waals surface area (Å²) in [5.74, 6) is -0.155. The Morgan fingerprint density at radius 3 is 3.19 bits per heavy atom. The number of rotatable bonds is 3. The van der Waals surface area contributed by atoms with E-state index >= 15 is 0 Å². The Kier molecular flexibility index (Phi) is 3.22. The van der Waals surface area contributed by atoms with Gasteiger partial charge in [0.05, 0.1) is 13.2 Å². The van der Waals surface area contributed by atoms with Gasteiger partial charge < -0.3 is 15.8 Å². The number of nitrogens with one attached hydrogen (secondary N) is 1. The number of carbonyl (C=O) groups is 1. The topological polar surface area (TPSA) is 77.2 Å². The largest absolute Gasteiger partial charge is 0.379 e. The molecule has 0 spiro atoms. The van der Waals surface area contributed by atoms with E-state index in [0.717, 1.165) is 10.7 Å². The van der Waals surface area contributed by atoms with Crippen LogP contribution < -0.4 is 11.1 Å². The third-order valence-corrected chi connectivity index (χ3v) is 3.54. The fourth-order valence-corrected chi connectivity index (χ4v) is 2.29. The number of thiazole rings is 1. The quantitative estimate of drug-likeness (QED) is 0.791. The molecule has 5 nitrogen and oxygen atoms in total. The molecule has 6 heteroatoms. The smallest absolute Gasteiger partial charge is 0.242 e. The van der Waals surface area contributed by atoms with Gasteiger partial charge in [-0.15, -0.1) is 11.3 Å². The standard InChI is InChI=1S/C10H15N3O2S/c1-7-5-16-8(13-7)4-12-9(14)10(11)2-3-15-6-10/h5H,2-4,6,11H2,1H3,(H,12,14). The normalized spacial score (nSPS) is 24.6. The van der Waals surface area contributed by atoms with E-state index in [0.29, 0.717) is 26.2 Å². The second kappa shape index (κ2) is 4.48. The highest BCUT2D eigenvalue weighted by Crippen LogP contribution is 2.16. The molecule has 0 saturated carbocycles. The summed E-state index contributed by atoms with van der Waals surface area (Å²) in [7, 11) is 0. The third-order valence-electron chi connectivity index (χ3n) is 2.57. The van der Waals surface area contributed by atoms with E-state index in [9.17, 15) is 4.79 Å². The van der Waals surface area contributed by atoms with Crippen LogP contribution in [0.2, 0.25) is 0 Å². The molecule has 1 aliphatic rings. The number of ether oxygens (including phenoxy) is 1. The number of aromatic nitrogens is 1. The predicted molar refractivity (Wildman–Crippen MR) is 61.1 cm³/mol. The van der Waals surface area contributed by atoms with E-state index in [1.165, 1.54) is 11.3 Å². The first-order valence-electron chi connectivity index (χ1n) is 5.16. The molecule has 1 aliphatic heterocycles. The van der Waals surface area contributed by atoms with Gasteiger partial charge in [0.2, 0.25) is 5.91 Å². The van der Waals surface area contributed by atoms with Gasteiger partial charge in [-0.25, -0.2) is 4.98 Å². The highest BCUT2D eigenvalue weighted by Gasteiger charge is 2.38. The third kappa shape index (κ3) is 2.40. The second-order valence-corrected chi connectivity index (χ2v) is 4.97. The van der Waals surface area contributed by atoms with E-state index in [1.807, 2.05) is 12.3 Å². The van der Waals surface area contributed by atoms with Crippen LogP contribution in [0.3, 0.4) is 0 Å². The van der Waals surface area contributed by atoms with E-state index in [1.54, 1.807) is 0 Å². The van der Waals surface area contributed by atoms with Gasteiger partial charge in [0.1, 0.15) is 10.5 Å². The van der Waals surface area contributed by atoms with Gasteiger partial charge in [-0.1, -0.05) is 0 Å². The van der Waals surface area contributed by atoms with Crippen molar-refractivity contribution in [3.8, 4) is 0 Å². The molecule has 0 bridgehead atoms. The van der Waals surface area contributed by atoms with Gasteiger partial charge in [-0.2, -0.15) is 0 Å². The van der Waals surface area contributed by atoms with Crippen LogP contribution in [-0.2, 0) is 16.1 Å². The number of nitrogens with zero attached hydrogens (tertiary/aromatic N) is 1. The first kappa shape index (κ1) is 11.5. The lowest BCUT2D eigenvalue weighted by molar-refractivity contribution is -0.126. The first-order chi connectivity index (χ1) is 7.60. The van der Waals surface area contributed by atoms with Crippen LogP contribution in [0.4, 0.5) is 0 Å². The van der Waals surface area contributed by atoms with E-state index in [4.69, 9.17) is 10.5 Å². The van der Waals surface area contributed by atoms with Crippen LogP contribution >= 0.6 is 11.3 Å². The highest BCUT2D eigenvalue weighted by atomic mass is 32.1. The van der Waals surface area contributed by atoms with Crippen LogP contribution in [-0.4, -0.2) is 29.6 Å². The minimum Gasteiger partial charge on any atom is -0.379 e.